The van der Waals surface area contributed by atoms with Crippen LogP contribution < -0.4 is 5.32 Å². The number of hydrogen-bond acceptors (Lipinski definition) is 9. The molecule has 13 heteroatoms. The Kier molecular flexibility index (Phi) is 19.1. The number of carbonyl (C=O) groups excluding carboxylic acids is 3. The molecule has 0 aromatic carbocycles. The molecule has 0 aromatic heterocycles. The lowest BCUT2D eigenvalue weighted by molar-refractivity contribution is -0.133. The second-order valence-electron chi connectivity index (χ2n) is 12.0. The molecule has 8 nitrogen and oxygen atoms in total. The standard InChI is InChI=1S/C16H30N2O3S2.C11H22N2OS2.ClH/c1-15(2,3)21-14(20)18-11-9-17(10-12-18)13(19)7-8-16(4,5)23-22-6;1-11(2,16-15-3)5-4-10(14)13-8-6-12-7-9-13;/h7-12H2,1-6H3;12H,4-9H2,1-3H3;1H. The molecule has 2 heterocycles. The van der Waals surface area contributed by atoms with Crippen molar-refractivity contribution in [2.75, 3.05) is 64.9 Å². The van der Waals surface area contributed by atoms with Crippen molar-refractivity contribution < 1.29 is 19.1 Å². The highest BCUT2D eigenvalue weighted by Gasteiger charge is 2.29. The Morgan fingerprint density at radius 3 is 1.43 bits per heavy atom. The molecular formula is C27H53ClN4O4S4. The van der Waals surface area contributed by atoms with Gasteiger partial charge in [0.1, 0.15) is 5.60 Å². The molecule has 0 spiro atoms. The second kappa shape index (κ2) is 19.2. The summed E-state index contributed by atoms with van der Waals surface area (Å²) in [6.45, 7) is 20.2. The van der Waals surface area contributed by atoms with Crippen LogP contribution in [0.15, 0.2) is 0 Å². The van der Waals surface area contributed by atoms with Gasteiger partial charge in [-0.1, -0.05) is 43.2 Å². The molecular weight excluding hydrogens is 608 g/mol. The molecule has 2 saturated heterocycles. The van der Waals surface area contributed by atoms with Gasteiger partial charge in [0.2, 0.25) is 11.8 Å². The second-order valence-corrected chi connectivity index (χ2v) is 18.2. The summed E-state index contributed by atoms with van der Waals surface area (Å²) in [5, 5.41) is 3.26. The van der Waals surface area contributed by atoms with E-state index in [4.69, 9.17) is 4.74 Å². The van der Waals surface area contributed by atoms with E-state index in [0.29, 0.717) is 44.9 Å². The minimum atomic E-state index is -0.482. The van der Waals surface area contributed by atoms with E-state index in [2.05, 4.69) is 45.5 Å². The van der Waals surface area contributed by atoms with Crippen LogP contribution in [0.25, 0.3) is 0 Å². The summed E-state index contributed by atoms with van der Waals surface area (Å²) in [6, 6.07) is 0. The fourth-order valence-corrected chi connectivity index (χ4v) is 8.53. The van der Waals surface area contributed by atoms with Crippen LogP contribution in [0.1, 0.15) is 74.1 Å². The zero-order chi connectivity index (χ0) is 29.7. The molecule has 0 saturated carbocycles. The molecule has 2 aliphatic heterocycles. The SMILES string of the molecule is CSSC(C)(C)CCC(=O)N1CCN(C(=O)OC(C)(C)C)CC1.CSSC(C)(C)CCC(=O)N1CCNCC1.Cl. The summed E-state index contributed by atoms with van der Waals surface area (Å²) in [7, 11) is 7.18. The smallest absolute Gasteiger partial charge is 0.410 e. The highest BCUT2D eigenvalue weighted by atomic mass is 35.5. The first-order valence-corrected chi connectivity index (χ1v) is 18.9. The largest absolute Gasteiger partial charge is 0.444 e. The van der Waals surface area contributed by atoms with Crippen LogP contribution in [0.5, 0.6) is 0 Å². The lowest BCUT2D eigenvalue weighted by Crippen LogP contribution is -2.51. The maximum atomic E-state index is 12.3. The lowest BCUT2D eigenvalue weighted by atomic mass is 10.1. The minimum Gasteiger partial charge on any atom is -0.444 e. The van der Waals surface area contributed by atoms with Gasteiger partial charge >= 0.3 is 6.09 Å². The molecule has 0 aromatic rings. The number of hydrogen-bond donors (Lipinski definition) is 1. The van der Waals surface area contributed by atoms with Crippen LogP contribution in [0.3, 0.4) is 0 Å². The minimum absolute atomic E-state index is 0. The van der Waals surface area contributed by atoms with Crippen molar-refractivity contribution in [1.29, 1.82) is 0 Å². The van der Waals surface area contributed by atoms with E-state index in [1.165, 1.54) is 0 Å². The van der Waals surface area contributed by atoms with Crippen LogP contribution in [0.4, 0.5) is 4.79 Å². The van der Waals surface area contributed by atoms with Crippen LogP contribution >= 0.6 is 55.6 Å². The Morgan fingerprint density at radius 2 is 1.05 bits per heavy atom. The van der Waals surface area contributed by atoms with E-state index in [9.17, 15) is 14.4 Å². The summed E-state index contributed by atoms with van der Waals surface area (Å²) < 4.78 is 5.67. The van der Waals surface area contributed by atoms with Gasteiger partial charge in [0.05, 0.1) is 0 Å². The van der Waals surface area contributed by atoms with Gasteiger partial charge in [-0.25, -0.2) is 4.79 Å². The molecule has 0 atom stereocenters. The van der Waals surface area contributed by atoms with E-state index < -0.39 is 5.60 Å². The molecule has 0 radical (unpaired) electrons. The number of nitrogens with one attached hydrogen (secondary N) is 1. The van der Waals surface area contributed by atoms with E-state index >= 15 is 0 Å². The highest BCUT2D eigenvalue weighted by molar-refractivity contribution is 8.77. The highest BCUT2D eigenvalue weighted by Crippen LogP contribution is 2.38. The van der Waals surface area contributed by atoms with Gasteiger partial charge in [0.25, 0.3) is 0 Å². The van der Waals surface area contributed by atoms with E-state index in [0.717, 1.165) is 39.0 Å². The number of nitrogens with zero attached hydrogens (tertiary/aromatic N) is 3. The van der Waals surface area contributed by atoms with Crippen LogP contribution in [0, 0.1) is 0 Å². The molecule has 40 heavy (non-hydrogen) atoms. The van der Waals surface area contributed by atoms with Crippen molar-refractivity contribution in [3.8, 4) is 0 Å². The first-order chi connectivity index (χ1) is 18.1. The van der Waals surface area contributed by atoms with Gasteiger partial charge in [-0.05, 0) is 73.8 Å². The van der Waals surface area contributed by atoms with Crippen LogP contribution in [-0.4, -0.2) is 113 Å². The maximum Gasteiger partial charge on any atom is 0.410 e. The van der Waals surface area contributed by atoms with Gasteiger partial charge in [0.15, 0.2) is 0 Å². The molecule has 236 valence electrons. The molecule has 2 rings (SSSR count). The van der Waals surface area contributed by atoms with Gasteiger partial charge < -0.3 is 24.8 Å². The topological polar surface area (TPSA) is 82.2 Å². The number of piperazine rings is 2. The monoisotopic (exact) mass is 660 g/mol. The summed E-state index contributed by atoms with van der Waals surface area (Å²) in [4.78, 5) is 41.8. The Bertz CT molecular complexity index is 770. The predicted molar refractivity (Wildman–Crippen MR) is 180 cm³/mol. The van der Waals surface area contributed by atoms with Crippen molar-refractivity contribution >= 4 is 73.5 Å². The molecule has 1 N–H and O–H groups in total. The number of halogens is 1. The van der Waals surface area contributed by atoms with Crippen molar-refractivity contribution in [2.24, 2.45) is 0 Å². The first-order valence-electron chi connectivity index (χ1n) is 13.8. The molecule has 3 amide bonds. The summed E-state index contributed by atoms with van der Waals surface area (Å²) in [6.07, 6.45) is 6.93. The predicted octanol–water partition coefficient (Wildman–Crippen LogP) is 6.05. The number of rotatable bonds is 10. The molecule has 0 aliphatic carbocycles. The van der Waals surface area contributed by atoms with Gasteiger partial charge in [-0.3, -0.25) is 9.59 Å². The molecule has 0 unspecified atom stereocenters. The quantitative estimate of drug-likeness (QED) is 0.282. The molecule has 2 aliphatic rings. The maximum absolute atomic E-state index is 12.3. The first kappa shape index (κ1) is 39.9. The Morgan fingerprint density at radius 1 is 0.675 bits per heavy atom. The van der Waals surface area contributed by atoms with Gasteiger partial charge in [-0.15, -0.1) is 12.4 Å². The summed E-state index contributed by atoms with van der Waals surface area (Å²) in [5.41, 5.74) is -0.482. The van der Waals surface area contributed by atoms with E-state index in [1.54, 1.807) is 26.5 Å². The van der Waals surface area contributed by atoms with Crippen molar-refractivity contribution in [2.45, 2.75) is 89.2 Å². The zero-order valence-electron chi connectivity index (χ0n) is 26.0. The summed E-state index contributed by atoms with van der Waals surface area (Å²) >= 11 is 0. The van der Waals surface area contributed by atoms with Crippen molar-refractivity contribution in [3.05, 3.63) is 0 Å². The fraction of sp³-hybridized carbons (Fsp3) is 0.889. The third-order valence-electron chi connectivity index (χ3n) is 6.25. The average Bonchev–Trinajstić information content (AvgIpc) is 2.86. The van der Waals surface area contributed by atoms with Crippen molar-refractivity contribution in [1.82, 2.24) is 20.0 Å². The van der Waals surface area contributed by atoms with E-state index in [1.807, 2.05) is 52.2 Å². The van der Waals surface area contributed by atoms with Crippen LogP contribution in [-0.2, 0) is 14.3 Å². The third-order valence-corrected chi connectivity index (χ3v) is 11.6. The Balaban J connectivity index is 0.000000788. The normalized spacial score (nSPS) is 16.5. The van der Waals surface area contributed by atoms with E-state index in [-0.39, 0.29) is 33.9 Å². The molecule has 2 fully saturated rings. The summed E-state index contributed by atoms with van der Waals surface area (Å²) in [5.74, 6) is 0.500. The van der Waals surface area contributed by atoms with Gasteiger partial charge in [-0.2, -0.15) is 0 Å². The fourth-order valence-electron chi connectivity index (χ4n) is 4.05. The lowest BCUT2D eigenvalue weighted by Gasteiger charge is -2.36. The zero-order valence-corrected chi connectivity index (χ0v) is 30.1. The molecule has 0 bridgehead atoms. The average molecular weight is 661 g/mol. The van der Waals surface area contributed by atoms with Gasteiger partial charge in [0, 0.05) is 74.7 Å². The Labute approximate surface area is 265 Å². The third kappa shape index (κ3) is 17.1. The van der Waals surface area contributed by atoms with Crippen molar-refractivity contribution in [3.63, 3.8) is 0 Å². The van der Waals surface area contributed by atoms with Crippen LogP contribution in [0.2, 0.25) is 0 Å². The number of amides is 3. The Hall–Kier alpha value is -0.140. The number of ether oxygens (including phenoxy) is 1. The number of carbonyl (C=O) groups is 3.